The number of hydrogen-bond donors (Lipinski definition) is 2. The van der Waals surface area contributed by atoms with Crippen LogP contribution >= 0.6 is 7.82 Å². The monoisotopic (exact) mass is 341 g/mol. The predicted octanol–water partition coefficient (Wildman–Crippen LogP) is 0.613. The lowest BCUT2D eigenvalue weighted by Crippen LogP contribution is -2.29. The van der Waals surface area contributed by atoms with Gasteiger partial charge in [-0.15, -0.1) is 0 Å². The van der Waals surface area contributed by atoms with E-state index in [2.05, 4.69) is 10.1 Å². The van der Waals surface area contributed by atoms with E-state index in [1.807, 2.05) is 13.8 Å². The number of esters is 2. The molecule has 2 N–H and O–H groups in total. The normalized spacial score (nSPS) is 15.2. The minimum Gasteiger partial charge on any atom is -0.462 e. The van der Waals surface area contributed by atoms with Crippen molar-refractivity contribution in [3.05, 3.63) is 0 Å². The van der Waals surface area contributed by atoms with Crippen molar-refractivity contribution < 1.29 is 37.6 Å². The lowest BCUT2D eigenvalue weighted by atomic mass is 10.4. The number of phosphoric ester groups is 1. The van der Waals surface area contributed by atoms with E-state index >= 15 is 0 Å². The van der Waals surface area contributed by atoms with Gasteiger partial charge in [-0.1, -0.05) is 13.8 Å². The third-order valence-corrected chi connectivity index (χ3v) is 3.12. The van der Waals surface area contributed by atoms with Gasteiger partial charge in [-0.25, -0.2) is 4.57 Å². The quantitative estimate of drug-likeness (QED) is 0.316. The molecule has 0 aliphatic rings. The molecule has 0 heterocycles. The number of hydrogen-bond acceptors (Lipinski definition) is 8. The van der Waals surface area contributed by atoms with E-state index in [1.165, 1.54) is 6.92 Å². The van der Waals surface area contributed by atoms with Crippen LogP contribution in [0.5, 0.6) is 0 Å². The highest BCUT2D eigenvalue weighted by atomic mass is 31.2. The molecular formula is C12H24NO8P. The van der Waals surface area contributed by atoms with E-state index < -0.39 is 32.5 Å². The van der Waals surface area contributed by atoms with Crippen LogP contribution in [0.25, 0.3) is 0 Å². The Labute approximate surface area is 129 Å². The van der Waals surface area contributed by atoms with E-state index in [-0.39, 0.29) is 19.3 Å². The van der Waals surface area contributed by atoms with Crippen LogP contribution in [0, 0.1) is 0 Å². The Kier molecular flexibility index (Phi) is 10.2. The zero-order chi connectivity index (χ0) is 17.2. The smallest absolute Gasteiger partial charge is 0.462 e. The molecule has 0 aliphatic carbocycles. The Bertz CT molecular complexity index is 401. The Hall–Kier alpha value is -0.990. The number of carbonyl (C=O) groups is 2. The van der Waals surface area contributed by atoms with Crippen molar-refractivity contribution in [1.82, 2.24) is 5.32 Å². The summed E-state index contributed by atoms with van der Waals surface area (Å²) in [6, 6.07) is 0.222. The average molecular weight is 341 g/mol. The van der Waals surface area contributed by atoms with E-state index in [9.17, 15) is 19.0 Å². The summed E-state index contributed by atoms with van der Waals surface area (Å²) >= 11 is 0. The maximum absolute atomic E-state index is 11.6. The molecule has 0 aromatic carbocycles. The van der Waals surface area contributed by atoms with Gasteiger partial charge in [0.2, 0.25) is 0 Å². The third kappa shape index (κ3) is 12.7. The van der Waals surface area contributed by atoms with Crippen LogP contribution in [0.3, 0.4) is 0 Å². The molecule has 0 saturated heterocycles. The largest absolute Gasteiger partial charge is 0.472 e. The molecule has 0 bridgehead atoms. The van der Waals surface area contributed by atoms with Crippen molar-refractivity contribution in [3.63, 3.8) is 0 Å². The van der Waals surface area contributed by atoms with Gasteiger partial charge in [0.25, 0.3) is 0 Å². The molecule has 0 aromatic rings. The standard InChI is InChI=1S/C12H24NO8P/c1-9(2)13-5-6-19-22(16,17)20-8-12(21-11(4)15)7-18-10(3)14/h9,12-13H,5-8H2,1-4H3,(H,16,17)/t12-/m1/s1. The highest BCUT2D eigenvalue weighted by Crippen LogP contribution is 2.43. The number of phosphoric acid groups is 1. The molecule has 0 fully saturated rings. The van der Waals surface area contributed by atoms with Gasteiger partial charge in [0.15, 0.2) is 6.10 Å². The third-order valence-electron chi connectivity index (χ3n) is 2.14. The van der Waals surface area contributed by atoms with Gasteiger partial charge in [-0.3, -0.25) is 18.6 Å². The van der Waals surface area contributed by atoms with Gasteiger partial charge in [0, 0.05) is 26.4 Å². The van der Waals surface area contributed by atoms with Gasteiger partial charge in [-0.05, 0) is 0 Å². The maximum Gasteiger partial charge on any atom is 0.472 e. The molecular weight excluding hydrogens is 317 g/mol. The van der Waals surface area contributed by atoms with Crippen LogP contribution in [0.2, 0.25) is 0 Å². The molecule has 0 aromatic heterocycles. The van der Waals surface area contributed by atoms with Crippen molar-refractivity contribution in [1.29, 1.82) is 0 Å². The van der Waals surface area contributed by atoms with Crippen molar-refractivity contribution in [2.75, 3.05) is 26.4 Å². The van der Waals surface area contributed by atoms with Crippen molar-refractivity contribution in [3.8, 4) is 0 Å². The van der Waals surface area contributed by atoms with Crippen LogP contribution in [0.15, 0.2) is 0 Å². The Morgan fingerprint density at radius 3 is 2.27 bits per heavy atom. The Morgan fingerprint density at radius 2 is 1.77 bits per heavy atom. The van der Waals surface area contributed by atoms with Gasteiger partial charge < -0.3 is 19.7 Å². The van der Waals surface area contributed by atoms with Gasteiger partial charge >= 0.3 is 19.8 Å². The van der Waals surface area contributed by atoms with Crippen LogP contribution in [0.1, 0.15) is 27.7 Å². The van der Waals surface area contributed by atoms with E-state index in [4.69, 9.17) is 13.8 Å². The van der Waals surface area contributed by atoms with E-state index in [0.717, 1.165) is 6.92 Å². The molecule has 0 amide bonds. The molecule has 0 radical (unpaired) electrons. The topological polar surface area (TPSA) is 120 Å². The van der Waals surface area contributed by atoms with Crippen LogP contribution < -0.4 is 5.32 Å². The SMILES string of the molecule is CC(=O)OC[C@H](COP(=O)(O)OCCNC(C)C)OC(C)=O. The summed E-state index contributed by atoms with van der Waals surface area (Å²) in [5.41, 5.74) is 0. The second-order valence-electron chi connectivity index (χ2n) is 4.74. The molecule has 10 heteroatoms. The van der Waals surface area contributed by atoms with Crippen LogP contribution in [-0.2, 0) is 32.7 Å². The summed E-state index contributed by atoms with van der Waals surface area (Å²) in [6.45, 7) is 5.85. The van der Waals surface area contributed by atoms with Crippen LogP contribution in [-0.4, -0.2) is 55.3 Å². The minimum absolute atomic E-state index is 0.0197. The van der Waals surface area contributed by atoms with Crippen molar-refractivity contribution >= 4 is 19.8 Å². The first-order valence-electron chi connectivity index (χ1n) is 6.78. The molecule has 0 spiro atoms. The van der Waals surface area contributed by atoms with E-state index in [0.29, 0.717) is 6.54 Å². The van der Waals surface area contributed by atoms with Gasteiger partial charge in [-0.2, -0.15) is 0 Å². The fourth-order valence-electron chi connectivity index (χ4n) is 1.28. The number of nitrogens with one attached hydrogen (secondary N) is 1. The van der Waals surface area contributed by atoms with Crippen molar-refractivity contribution in [2.24, 2.45) is 0 Å². The molecule has 22 heavy (non-hydrogen) atoms. The first-order valence-corrected chi connectivity index (χ1v) is 8.27. The van der Waals surface area contributed by atoms with E-state index in [1.54, 1.807) is 0 Å². The summed E-state index contributed by atoms with van der Waals surface area (Å²) < 4.78 is 30.6. The molecule has 0 rings (SSSR count). The highest BCUT2D eigenvalue weighted by molar-refractivity contribution is 7.47. The number of ether oxygens (including phenoxy) is 2. The fourth-order valence-corrected chi connectivity index (χ4v) is 2.04. The first-order chi connectivity index (χ1) is 10.1. The molecule has 2 atom stereocenters. The predicted molar refractivity (Wildman–Crippen MR) is 77.1 cm³/mol. The zero-order valence-corrected chi connectivity index (χ0v) is 14.1. The second-order valence-corrected chi connectivity index (χ2v) is 6.19. The summed E-state index contributed by atoms with van der Waals surface area (Å²) in [5.74, 6) is -1.20. The second kappa shape index (κ2) is 10.7. The minimum atomic E-state index is -4.27. The highest BCUT2D eigenvalue weighted by Gasteiger charge is 2.25. The average Bonchev–Trinajstić information content (AvgIpc) is 2.37. The number of rotatable bonds is 11. The lowest BCUT2D eigenvalue weighted by molar-refractivity contribution is -0.158. The Morgan fingerprint density at radius 1 is 1.14 bits per heavy atom. The van der Waals surface area contributed by atoms with Crippen LogP contribution in [0.4, 0.5) is 0 Å². The molecule has 0 aliphatic heterocycles. The zero-order valence-electron chi connectivity index (χ0n) is 13.2. The number of carbonyl (C=O) groups excluding carboxylic acids is 2. The molecule has 0 saturated carbocycles. The van der Waals surface area contributed by atoms with Gasteiger partial charge in [0.1, 0.15) is 6.61 Å². The summed E-state index contributed by atoms with van der Waals surface area (Å²) in [7, 11) is -4.27. The molecule has 130 valence electrons. The first kappa shape index (κ1) is 21.0. The fraction of sp³-hybridized carbons (Fsp3) is 0.833. The summed E-state index contributed by atoms with van der Waals surface area (Å²) in [5, 5.41) is 3.00. The lowest BCUT2D eigenvalue weighted by Gasteiger charge is -2.19. The Balaban J connectivity index is 4.20. The maximum atomic E-state index is 11.6. The molecule has 9 nitrogen and oxygen atoms in total. The summed E-state index contributed by atoms with van der Waals surface area (Å²) in [6.07, 6.45) is -0.987. The van der Waals surface area contributed by atoms with Gasteiger partial charge in [0.05, 0.1) is 13.2 Å². The van der Waals surface area contributed by atoms with Crippen molar-refractivity contribution in [2.45, 2.75) is 39.8 Å². The summed E-state index contributed by atoms with van der Waals surface area (Å²) in [4.78, 5) is 31.1. The molecule has 1 unspecified atom stereocenters.